The first kappa shape index (κ1) is 11.3. The molecule has 5 nitrogen and oxygen atoms in total. The summed E-state index contributed by atoms with van der Waals surface area (Å²) in [6, 6.07) is 4.68. The summed E-state index contributed by atoms with van der Waals surface area (Å²) in [4.78, 5) is 16.4. The van der Waals surface area contributed by atoms with Crippen molar-refractivity contribution in [3.05, 3.63) is 23.8 Å². The van der Waals surface area contributed by atoms with Crippen molar-refractivity contribution in [2.75, 3.05) is 21.3 Å². The lowest BCUT2D eigenvalue weighted by molar-refractivity contribution is -0.0758. The van der Waals surface area contributed by atoms with Crippen LogP contribution in [0.2, 0.25) is 0 Å². The standard InChI is InChI=1S/C10H13NO4/c1-11(15-3)10(13)7-5-4-6-8(14-2)9(7)12/h4-6,12H,1-3H3. The Bertz CT molecular complexity index is 364. The van der Waals surface area contributed by atoms with Crippen molar-refractivity contribution in [3.63, 3.8) is 0 Å². The fourth-order valence-electron chi connectivity index (χ4n) is 1.11. The van der Waals surface area contributed by atoms with E-state index in [1.807, 2.05) is 0 Å². The normalized spacial score (nSPS) is 9.80. The van der Waals surface area contributed by atoms with E-state index in [1.165, 1.54) is 27.3 Å². The van der Waals surface area contributed by atoms with Gasteiger partial charge in [0.1, 0.15) is 0 Å². The van der Waals surface area contributed by atoms with Gasteiger partial charge in [0.15, 0.2) is 11.5 Å². The summed E-state index contributed by atoms with van der Waals surface area (Å²) in [5, 5.41) is 10.7. The first-order valence-electron chi connectivity index (χ1n) is 4.30. The molecule has 15 heavy (non-hydrogen) atoms. The third-order valence-electron chi connectivity index (χ3n) is 2.01. The molecule has 0 unspecified atom stereocenters. The van der Waals surface area contributed by atoms with Gasteiger partial charge in [-0.2, -0.15) is 0 Å². The largest absolute Gasteiger partial charge is 0.504 e. The Balaban J connectivity index is 3.09. The predicted octanol–water partition coefficient (Wildman–Crippen LogP) is 1.03. The highest BCUT2D eigenvalue weighted by Crippen LogP contribution is 2.29. The average molecular weight is 211 g/mol. The van der Waals surface area contributed by atoms with Gasteiger partial charge in [-0.3, -0.25) is 9.63 Å². The minimum absolute atomic E-state index is 0.138. The number of ether oxygens (including phenoxy) is 1. The van der Waals surface area contributed by atoms with Crippen molar-refractivity contribution in [3.8, 4) is 11.5 Å². The van der Waals surface area contributed by atoms with Crippen molar-refractivity contribution >= 4 is 5.91 Å². The number of carbonyl (C=O) groups excluding carboxylic acids is 1. The lowest BCUT2D eigenvalue weighted by atomic mass is 10.1. The quantitative estimate of drug-likeness (QED) is 0.759. The molecule has 1 aromatic carbocycles. The van der Waals surface area contributed by atoms with E-state index in [0.717, 1.165) is 5.06 Å². The Morgan fingerprint density at radius 2 is 2.07 bits per heavy atom. The second kappa shape index (κ2) is 4.65. The second-order valence-electron chi connectivity index (χ2n) is 2.84. The number of methoxy groups -OCH3 is 1. The van der Waals surface area contributed by atoms with Crippen molar-refractivity contribution in [2.45, 2.75) is 0 Å². The molecule has 0 saturated carbocycles. The molecule has 82 valence electrons. The zero-order valence-electron chi connectivity index (χ0n) is 8.85. The van der Waals surface area contributed by atoms with E-state index in [1.54, 1.807) is 12.1 Å². The Labute approximate surface area is 87.8 Å². The minimum atomic E-state index is -0.436. The lowest BCUT2D eigenvalue weighted by Crippen LogP contribution is -2.25. The Hall–Kier alpha value is -1.75. The predicted molar refractivity (Wildman–Crippen MR) is 53.8 cm³/mol. The van der Waals surface area contributed by atoms with Crippen LogP contribution in [0.1, 0.15) is 10.4 Å². The van der Waals surface area contributed by atoms with Gasteiger partial charge in [0.2, 0.25) is 0 Å². The number of aromatic hydroxyl groups is 1. The molecule has 1 aromatic rings. The summed E-state index contributed by atoms with van der Waals surface area (Å²) in [6.45, 7) is 0. The number of nitrogens with zero attached hydrogens (tertiary/aromatic N) is 1. The van der Waals surface area contributed by atoms with Gasteiger partial charge < -0.3 is 9.84 Å². The molecule has 0 aromatic heterocycles. The molecule has 0 heterocycles. The number of hydroxylamine groups is 2. The van der Waals surface area contributed by atoms with Crippen LogP contribution in [0.15, 0.2) is 18.2 Å². The van der Waals surface area contributed by atoms with Gasteiger partial charge in [-0.15, -0.1) is 0 Å². The van der Waals surface area contributed by atoms with E-state index in [9.17, 15) is 9.90 Å². The number of hydrogen-bond donors (Lipinski definition) is 1. The van der Waals surface area contributed by atoms with Gasteiger partial charge in [-0.05, 0) is 12.1 Å². The number of phenols is 1. The minimum Gasteiger partial charge on any atom is -0.504 e. The highest BCUT2D eigenvalue weighted by atomic mass is 16.7. The summed E-state index contributed by atoms with van der Waals surface area (Å²) in [6.07, 6.45) is 0. The number of rotatable bonds is 3. The van der Waals surface area contributed by atoms with Crippen molar-refractivity contribution in [2.24, 2.45) is 0 Å². The lowest BCUT2D eigenvalue weighted by Gasteiger charge is -2.15. The zero-order chi connectivity index (χ0) is 11.4. The topological polar surface area (TPSA) is 59.0 Å². The number of carbonyl (C=O) groups is 1. The summed E-state index contributed by atoms with van der Waals surface area (Å²) < 4.78 is 4.89. The summed E-state index contributed by atoms with van der Waals surface area (Å²) >= 11 is 0. The fourth-order valence-corrected chi connectivity index (χ4v) is 1.11. The monoisotopic (exact) mass is 211 g/mol. The van der Waals surface area contributed by atoms with Gasteiger partial charge in [0.25, 0.3) is 5.91 Å². The average Bonchev–Trinajstić information content (AvgIpc) is 2.27. The summed E-state index contributed by atoms with van der Waals surface area (Å²) in [5.41, 5.74) is 0.138. The molecule has 5 heteroatoms. The second-order valence-corrected chi connectivity index (χ2v) is 2.84. The molecular formula is C10H13NO4. The third-order valence-corrected chi connectivity index (χ3v) is 2.01. The van der Waals surface area contributed by atoms with Gasteiger partial charge >= 0.3 is 0 Å². The van der Waals surface area contributed by atoms with Gasteiger partial charge in [0.05, 0.1) is 19.8 Å². The van der Waals surface area contributed by atoms with Crippen LogP contribution in [0.4, 0.5) is 0 Å². The number of phenolic OH excluding ortho intramolecular Hbond substituents is 1. The molecule has 0 fully saturated rings. The van der Waals surface area contributed by atoms with Crippen LogP contribution in [0, 0.1) is 0 Å². The smallest absolute Gasteiger partial charge is 0.281 e. The van der Waals surface area contributed by atoms with Crippen LogP contribution >= 0.6 is 0 Å². The molecule has 0 bridgehead atoms. The number of benzene rings is 1. The molecule has 0 atom stereocenters. The molecule has 0 aliphatic carbocycles. The first-order chi connectivity index (χ1) is 7.11. The molecule has 1 rings (SSSR count). The SMILES string of the molecule is COc1cccc(C(=O)N(C)OC)c1O. The highest BCUT2D eigenvalue weighted by Gasteiger charge is 2.18. The van der Waals surface area contributed by atoms with E-state index in [4.69, 9.17) is 9.57 Å². The van der Waals surface area contributed by atoms with E-state index < -0.39 is 5.91 Å². The Morgan fingerprint density at radius 1 is 1.40 bits per heavy atom. The van der Waals surface area contributed by atoms with Crippen molar-refractivity contribution in [1.29, 1.82) is 0 Å². The molecule has 1 N–H and O–H groups in total. The maximum atomic E-state index is 11.7. The van der Waals surface area contributed by atoms with E-state index >= 15 is 0 Å². The molecule has 0 aliphatic heterocycles. The fraction of sp³-hybridized carbons (Fsp3) is 0.300. The van der Waals surface area contributed by atoms with E-state index in [2.05, 4.69) is 0 Å². The Morgan fingerprint density at radius 3 is 2.60 bits per heavy atom. The maximum Gasteiger partial charge on any atom is 0.281 e. The maximum absolute atomic E-state index is 11.7. The molecule has 0 saturated heterocycles. The van der Waals surface area contributed by atoms with Crippen LogP contribution in [-0.4, -0.2) is 37.3 Å². The van der Waals surface area contributed by atoms with Crippen LogP contribution in [0.5, 0.6) is 11.5 Å². The Kier molecular flexibility index (Phi) is 3.51. The summed E-state index contributed by atoms with van der Waals surface area (Å²) in [7, 11) is 4.25. The summed E-state index contributed by atoms with van der Waals surface area (Å²) in [5.74, 6) is -0.367. The van der Waals surface area contributed by atoms with Gasteiger partial charge in [-0.1, -0.05) is 6.07 Å². The highest BCUT2D eigenvalue weighted by molar-refractivity contribution is 5.96. The van der Waals surface area contributed by atoms with E-state index in [0.29, 0.717) is 0 Å². The first-order valence-corrected chi connectivity index (χ1v) is 4.30. The van der Waals surface area contributed by atoms with Crippen LogP contribution in [0.25, 0.3) is 0 Å². The van der Waals surface area contributed by atoms with Crippen molar-refractivity contribution < 1.29 is 19.5 Å². The van der Waals surface area contributed by atoms with Crippen LogP contribution < -0.4 is 4.74 Å². The van der Waals surface area contributed by atoms with Crippen LogP contribution in [0.3, 0.4) is 0 Å². The van der Waals surface area contributed by atoms with Crippen molar-refractivity contribution in [1.82, 2.24) is 5.06 Å². The van der Waals surface area contributed by atoms with Gasteiger partial charge in [0, 0.05) is 7.05 Å². The molecule has 0 spiro atoms. The third kappa shape index (κ3) is 2.19. The van der Waals surface area contributed by atoms with Gasteiger partial charge in [-0.25, -0.2) is 5.06 Å². The number of para-hydroxylation sites is 1. The molecule has 0 radical (unpaired) electrons. The molecular weight excluding hydrogens is 198 g/mol. The molecule has 1 amide bonds. The van der Waals surface area contributed by atoms with E-state index in [-0.39, 0.29) is 17.1 Å². The molecule has 0 aliphatic rings. The number of amides is 1. The zero-order valence-corrected chi connectivity index (χ0v) is 8.85. The number of hydrogen-bond acceptors (Lipinski definition) is 4. The van der Waals surface area contributed by atoms with Crippen LogP contribution in [-0.2, 0) is 4.84 Å².